The van der Waals surface area contributed by atoms with Gasteiger partial charge in [0.05, 0.1) is 5.75 Å². The molecule has 4 rings (SSSR count). The van der Waals surface area contributed by atoms with Gasteiger partial charge in [0.2, 0.25) is 5.91 Å². The van der Waals surface area contributed by atoms with E-state index < -0.39 is 0 Å². The highest BCUT2D eigenvalue weighted by Crippen LogP contribution is 2.33. The van der Waals surface area contributed by atoms with Crippen molar-refractivity contribution in [2.24, 2.45) is 5.92 Å². The predicted molar refractivity (Wildman–Crippen MR) is 106 cm³/mol. The average molecular weight is 363 g/mol. The zero-order valence-corrected chi connectivity index (χ0v) is 15.5. The van der Waals surface area contributed by atoms with Crippen molar-refractivity contribution in [3.8, 4) is 11.3 Å². The van der Waals surface area contributed by atoms with E-state index in [1.807, 2.05) is 48.5 Å². The number of rotatable bonds is 6. The predicted octanol–water partition coefficient (Wildman–Crippen LogP) is 4.30. The Morgan fingerprint density at radius 1 is 1.08 bits per heavy atom. The summed E-state index contributed by atoms with van der Waals surface area (Å²) in [5.41, 5.74) is 1.92. The van der Waals surface area contributed by atoms with Crippen LogP contribution in [0.25, 0.3) is 22.0 Å². The maximum absolute atomic E-state index is 12.2. The molecule has 0 aliphatic heterocycles. The first kappa shape index (κ1) is 17.0. The molecule has 1 fully saturated rings. The van der Waals surface area contributed by atoms with Crippen molar-refractivity contribution in [3.05, 3.63) is 54.6 Å². The molecule has 0 bridgehead atoms. The molecule has 0 radical (unpaired) electrons. The van der Waals surface area contributed by atoms with Gasteiger partial charge in [0.25, 0.3) is 0 Å². The van der Waals surface area contributed by atoms with Crippen molar-refractivity contribution in [2.45, 2.75) is 30.8 Å². The van der Waals surface area contributed by atoms with Crippen LogP contribution in [0.5, 0.6) is 0 Å². The molecule has 1 aliphatic rings. The molecule has 1 atom stereocenters. The van der Waals surface area contributed by atoms with Crippen LogP contribution < -0.4 is 5.32 Å². The minimum atomic E-state index is 0.0624. The van der Waals surface area contributed by atoms with Crippen LogP contribution in [0.2, 0.25) is 0 Å². The van der Waals surface area contributed by atoms with Crippen molar-refractivity contribution in [1.82, 2.24) is 15.5 Å². The van der Waals surface area contributed by atoms with E-state index in [0.717, 1.165) is 27.1 Å². The summed E-state index contributed by atoms with van der Waals surface area (Å²) in [6.07, 6.45) is 2.46. The van der Waals surface area contributed by atoms with Gasteiger partial charge in [-0.05, 0) is 25.7 Å². The molecule has 5 heteroatoms. The molecule has 3 aromatic rings. The summed E-state index contributed by atoms with van der Waals surface area (Å²) in [7, 11) is 0. The largest absolute Gasteiger partial charge is 0.353 e. The Bertz CT molecular complexity index is 925. The third-order valence-corrected chi connectivity index (χ3v) is 5.74. The highest BCUT2D eigenvalue weighted by atomic mass is 32.2. The Kier molecular flexibility index (Phi) is 4.89. The quantitative estimate of drug-likeness (QED) is 0.663. The fourth-order valence-corrected chi connectivity index (χ4v) is 3.92. The minimum absolute atomic E-state index is 0.0624. The van der Waals surface area contributed by atoms with Crippen LogP contribution >= 0.6 is 11.8 Å². The zero-order valence-electron chi connectivity index (χ0n) is 14.7. The third kappa shape index (κ3) is 3.73. The van der Waals surface area contributed by atoms with E-state index in [1.54, 1.807) is 0 Å². The molecule has 1 heterocycles. The SMILES string of the molecule is C[C@H](NC(=O)CSc1nnc(-c2ccccc2)c2ccccc12)C1CC1. The van der Waals surface area contributed by atoms with Gasteiger partial charge in [-0.3, -0.25) is 4.79 Å². The Morgan fingerprint density at radius 3 is 2.50 bits per heavy atom. The number of hydrogen-bond acceptors (Lipinski definition) is 4. The molecule has 1 aliphatic carbocycles. The van der Waals surface area contributed by atoms with Gasteiger partial charge in [0, 0.05) is 22.4 Å². The normalized spacial score (nSPS) is 15.0. The van der Waals surface area contributed by atoms with E-state index in [2.05, 4.69) is 28.5 Å². The number of nitrogens with zero attached hydrogens (tertiary/aromatic N) is 2. The first-order valence-corrected chi connectivity index (χ1v) is 9.94. The van der Waals surface area contributed by atoms with E-state index >= 15 is 0 Å². The maximum Gasteiger partial charge on any atom is 0.230 e. The lowest BCUT2D eigenvalue weighted by Crippen LogP contribution is -2.35. The number of nitrogens with one attached hydrogen (secondary N) is 1. The Hall–Kier alpha value is -2.40. The van der Waals surface area contributed by atoms with Crippen LogP contribution in [0.1, 0.15) is 19.8 Å². The van der Waals surface area contributed by atoms with Crippen LogP contribution in [-0.4, -0.2) is 27.9 Å². The number of aromatic nitrogens is 2. The molecule has 26 heavy (non-hydrogen) atoms. The molecular weight excluding hydrogens is 342 g/mol. The first-order chi connectivity index (χ1) is 12.7. The fourth-order valence-electron chi connectivity index (χ4n) is 3.14. The molecule has 132 valence electrons. The molecular formula is C21H21N3OS. The van der Waals surface area contributed by atoms with Gasteiger partial charge in [-0.2, -0.15) is 0 Å². The molecule has 0 saturated heterocycles. The van der Waals surface area contributed by atoms with Gasteiger partial charge in [-0.25, -0.2) is 0 Å². The minimum Gasteiger partial charge on any atom is -0.353 e. The monoisotopic (exact) mass is 363 g/mol. The van der Waals surface area contributed by atoms with E-state index in [1.165, 1.54) is 24.6 Å². The molecule has 1 aromatic heterocycles. The van der Waals surface area contributed by atoms with Gasteiger partial charge >= 0.3 is 0 Å². The van der Waals surface area contributed by atoms with Gasteiger partial charge in [-0.15, -0.1) is 10.2 Å². The fraction of sp³-hybridized carbons (Fsp3) is 0.286. The number of fused-ring (bicyclic) bond motifs is 1. The third-order valence-electron chi connectivity index (χ3n) is 4.76. The van der Waals surface area contributed by atoms with Crippen LogP contribution in [0.3, 0.4) is 0 Å². The van der Waals surface area contributed by atoms with Gasteiger partial charge in [0.15, 0.2) is 0 Å². The summed E-state index contributed by atoms with van der Waals surface area (Å²) in [4.78, 5) is 12.2. The molecule has 2 aromatic carbocycles. The summed E-state index contributed by atoms with van der Waals surface area (Å²) >= 11 is 1.45. The standard InChI is InChI=1S/C21H21N3OS/c1-14(15-11-12-15)22-19(25)13-26-21-18-10-6-5-9-17(18)20(23-24-21)16-7-3-2-4-8-16/h2-10,14-15H,11-13H2,1H3,(H,22,25)/t14-/m0/s1. The second kappa shape index (κ2) is 7.46. The van der Waals surface area contributed by atoms with Gasteiger partial charge in [-0.1, -0.05) is 66.4 Å². The zero-order chi connectivity index (χ0) is 17.9. The summed E-state index contributed by atoms with van der Waals surface area (Å²) in [6.45, 7) is 2.09. The number of amides is 1. The Balaban J connectivity index is 1.55. The molecule has 4 nitrogen and oxygen atoms in total. The summed E-state index contributed by atoms with van der Waals surface area (Å²) in [5.74, 6) is 1.09. The number of benzene rings is 2. The Labute approximate surface area is 157 Å². The van der Waals surface area contributed by atoms with Crippen molar-refractivity contribution < 1.29 is 4.79 Å². The maximum atomic E-state index is 12.2. The van der Waals surface area contributed by atoms with Crippen LogP contribution in [0.4, 0.5) is 0 Å². The molecule has 0 spiro atoms. The first-order valence-electron chi connectivity index (χ1n) is 8.95. The van der Waals surface area contributed by atoms with Gasteiger partial charge in [0.1, 0.15) is 10.7 Å². The van der Waals surface area contributed by atoms with E-state index in [4.69, 9.17) is 0 Å². The lowest BCUT2D eigenvalue weighted by Gasteiger charge is -2.13. The van der Waals surface area contributed by atoms with Crippen molar-refractivity contribution in [1.29, 1.82) is 0 Å². The number of thioether (sulfide) groups is 1. The molecule has 1 N–H and O–H groups in total. The van der Waals surface area contributed by atoms with Crippen LogP contribution in [0.15, 0.2) is 59.6 Å². The average Bonchev–Trinajstić information content (AvgIpc) is 3.52. The van der Waals surface area contributed by atoms with Crippen LogP contribution in [0, 0.1) is 5.92 Å². The Morgan fingerprint density at radius 2 is 1.77 bits per heavy atom. The second-order valence-electron chi connectivity index (χ2n) is 6.75. The van der Waals surface area contributed by atoms with Crippen molar-refractivity contribution in [3.63, 3.8) is 0 Å². The van der Waals surface area contributed by atoms with Crippen molar-refractivity contribution in [2.75, 3.05) is 5.75 Å². The number of hydrogen-bond donors (Lipinski definition) is 1. The molecule has 0 unspecified atom stereocenters. The lowest BCUT2D eigenvalue weighted by atomic mass is 10.1. The van der Waals surface area contributed by atoms with E-state index in [-0.39, 0.29) is 11.9 Å². The van der Waals surface area contributed by atoms with Crippen LogP contribution in [-0.2, 0) is 4.79 Å². The second-order valence-corrected chi connectivity index (χ2v) is 7.71. The van der Waals surface area contributed by atoms with E-state index in [0.29, 0.717) is 11.7 Å². The highest BCUT2D eigenvalue weighted by molar-refractivity contribution is 8.00. The summed E-state index contributed by atoms with van der Waals surface area (Å²) in [6, 6.07) is 18.4. The topological polar surface area (TPSA) is 54.9 Å². The number of carbonyl (C=O) groups excluding carboxylic acids is 1. The lowest BCUT2D eigenvalue weighted by molar-refractivity contribution is -0.119. The smallest absolute Gasteiger partial charge is 0.230 e. The van der Waals surface area contributed by atoms with E-state index in [9.17, 15) is 4.79 Å². The molecule has 1 amide bonds. The molecule has 1 saturated carbocycles. The summed E-state index contributed by atoms with van der Waals surface area (Å²) < 4.78 is 0. The van der Waals surface area contributed by atoms with Crippen molar-refractivity contribution >= 4 is 28.4 Å². The highest BCUT2D eigenvalue weighted by Gasteiger charge is 2.28. The number of carbonyl (C=O) groups is 1. The summed E-state index contributed by atoms with van der Waals surface area (Å²) in [5, 5.41) is 14.9. The van der Waals surface area contributed by atoms with Gasteiger partial charge < -0.3 is 5.32 Å².